The molecule has 0 bridgehead atoms. The molecular weight excluding hydrogens is 209 g/mol. The summed E-state index contributed by atoms with van der Waals surface area (Å²) < 4.78 is 5.44. The predicted molar refractivity (Wildman–Crippen MR) is 55.2 cm³/mol. The molecule has 0 N–H and O–H groups in total. The van der Waals surface area contributed by atoms with E-state index in [4.69, 9.17) is 27.9 Å². The zero-order chi connectivity index (χ0) is 9.42. The van der Waals surface area contributed by atoms with Gasteiger partial charge in [-0.05, 0) is 6.07 Å². The number of benzene rings is 1. The van der Waals surface area contributed by atoms with E-state index in [0.29, 0.717) is 16.7 Å². The highest BCUT2D eigenvalue weighted by Crippen LogP contribution is 2.39. The SMILES string of the molecule is CN1CCOc2cc(Cl)cc(Cl)c21. The summed E-state index contributed by atoms with van der Waals surface area (Å²) in [6.07, 6.45) is 0. The first-order chi connectivity index (χ1) is 6.18. The number of ether oxygens (including phenoxy) is 1. The Kier molecular flexibility index (Phi) is 2.26. The molecule has 0 saturated heterocycles. The topological polar surface area (TPSA) is 12.5 Å². The number of nitrogens with zero attached hydrogens (tertiary/aromatic N) is 1. The van der Waals surface area contributed by atoms with Crippen molar-refractivity contribution in [3.05, 3.63) is 22.2 Å². The van der Waals surface area contributed by atoms with Crippen molar-refractivity contribution in [1.82, 2.24) is 0 Å². The molecule has 1 aliphatic rings. The molecule has 0 saturated carbocycles. The summed E-state index contributed by atoms with van der Waals surface area (Å²) in [6.45, 7) is 1.54. The molecule has 1 aliphatic heterocycles. The third-order valence-corrected chi connectivity index (χ3v) is 2.57. The lowest BCUT2D eigenvalue weighted by atomic mass is 10.2. The van der Waals surface area contributed by atoms with E-state index in [9.17, 15) is 0 Å². The molecule has 1 aromatic rings. The Morgan fingerprint density at radius 3 is 2.92 bits per heavy atom. The maximum atomic E-state index is 6.04. The van der Waals surface area contributed by atoms with E-state index in [0.717, 1.165) is 18.0 Å². The highest BCUT2D eigenvalue weighted by Gasteiger charge is 2.18. The molecular formula is C9H9Cl2NO. The third kappa shape index (κ3) is 1.56. The van der Waals surface area contributed by atoms with Crippen molar-refractivity contribution in [2.75, 3.05) is 25.1 Å². The minimum absolute atomic E-state index is 0.610. The van der Waals surface area contributed by atoms with Crippen LogP contribution in [-0.2, 0) is 0 Å². The molecule has 0 fully saturated rings. The highest BCUT2D eigenvalue weighted by atomic mass is 35.5. The summed E-state index contributed by atoms with van der Waals surface area (Å²) >= 11 is 11.9. The van der Waals surface area contributed by atoms with Crippen LogP contribution in [0.3, 0.4) is 0 Å². The van der Waals surface area contributed by atoms with E-state index in [1.165, 1.54) is 0 Å². The number of anilines is 1. The quantitative estimate of drug-likeness (QED) is 0.663. The second kappa shape index (κ2) is 3.28. The van der Waals surface area contributed by atoms with Crippen molar-refractivity contribution in [3.8, 4) is 5.75 Å². The van der Waals surface area contributed by atoms with E-state index >= 15 is 0 Å². The predicted octanol–water partition coefficient (Wildman–Crippen LogP) is 2.82. The maximum Gasteiger partial charge on any atom is 0.145 e. The molecule has 4 heteroatoms. The lowest BCUT2D eigenvalue weighted by molar-refractivity contribution is 0.311. The van der Waals surface area contributed by atoms with E-state index in [1.54, 1.807) is 12.1 Å². The van der Waals surface area contributed by atoms with Crippen molar-refractivity contribution in [1.29, 1.82) is 0 Å². The molecule has 0 aromatic heterocycles. The average Bonchev–Trinajstić information content (AvgIpc) is 2.02. The fourth-order valence-electron chi connectivity index (χ4n) is 1.43. The molecule has 1 aromatic carbocycles. The largest absolute Gasteiger partial charge is 0.489 e. The second-order valence-electron chi connectivity index (χ2n) is 3.00. The minimum Gasteiger partial charge on any atom is -0.489 e. The molecule has 2 nitrogen and oxygen atoms in total. The molecule has 0 aliphatic carbocycles. The average molecular weight is 218 g/mol. The Labute approximate surface area is 87.0 Å². The van der Waals surface area contributed by atoms with Gasteiger partial charge >= 0.3 is 0 Å². The number of hydrogen-bond donors (Lipinski definition) is 0. The van der Waals surface area contributed by atoms with Crippen LogP contribution in [0.25, 0.3) is 0 Å². The van der Waals surface area contributed by atoms with E-state index in [1.807, 2.05) is 7.05 Å². The van der Waals surface area contributed by atoms with Crippen molar-refractivity contribution >= 4 is 28.9 Å². The van der Waals surface area contributed by atoms with Gasteiger partial charge in [0, 0.05) is 18.1 Å². The molecule has 13 heavy (non-hydrogen) atoms. The Morgan fingerprint density at radius 1 is 1.38 bits per heavy atom. The Bertz CT molecular complexity index is 341. The number of halogens is 2. The first-order valence-electron chi connectivity index (χ1n) is 4.01. The Balaban J connectivity index is 2.56. The van der Waals surface area contributed by atoms with Gasteiger partial charge in [0.05, 0.1) is 17.3 Å². The van der Waals surface area contributed by atoms with Crippen molar-refractivity contribution in [2.24, 2.45) is 0 Å². The molecule has 2 rings (SSSR count). The molecule has 70 valence electrons. The smallest absolute Gasteiger partial charge is 0.145 e. The van der Waals surface area contributed by atoms with Gasteiger partial charge in [0.1, 0.15) is 12.4 Å². The van der Waals surface area contributed by atoms with E-state index < -0.39 is 0 Å². The molecule has 1 heterocycles. The lowest BCUT2D eigenvalue weighted by Gasteiger charge is -2.28. The lowest BCUT2D eigenvalue weighted by Crippen LogP contribution is -2.29. The van der Waals surface area contributed by atoms with Crippen molar-refractivity contribution in [3.63, 3.8) is 0 Å². The number of hydrogen-bond acceptors (Lipinski definition) is 2. The van der Waals surface area contributed by atoms with Crippen LogP contribution in [0, 0.1) is 0 Å². The van der Waals surface area contributed by atoms with Crippen LogP contribution in [0.1, 0.15) is 0 Å². The number of rotatable bonds is 0. The van der Waals surface area contributed by atoms with Crippen LogP contribution in [0.15, 0.2) is 12.1 Å². The first-order valence-corrected chi connectivity index (χ1v) is 4.77. The normalized spacial score (nSPS) is 15.2. The fourth-order valence-corrected chi connectivity index (χ4v) is 2.05. The van der Waals surface area contributed by atoms with Crippen LogP contribution in [0.2, 0.25) is 10.0 Å². The van der Waals surface area contributed by atoms with E-state index in [-0.39, 0.29) is 0 Å². The van der Waals surface area contributed by atoms with Gasteiger partial charge in [-0.25, -0.2) is 0 Å². The first kappa shape index (κ1) is 8.97. The maximum absolute atomic E-state index is 6.04. The van der Waals surface area contributed by atoms with Crippen LogP contribution in [0.5, 0.6) is 5.75 Å². The van der Waals surface area contributed by atoms with E-state index in [2.05, 4.69) is 4.90 Å². The van der Waals surface area contributed by atoms with Gasteiger partial charge in [-0.2, -0.15) is 0 Å². The van der Waals surface area contributed by atoms with Gasteiger partial charge in [-0.15, -0.1) is 0 Å². The summed E-state index contributed by atoms with van der Waals surface area (Å²) in [5.74, 6) is 0.770. The molecule has 0 radical (unpaired) electrons. The molecule has 0 atom stereocenters. The van der Waals surface area contributed by atoms with Gasteiger partial charge < -0.3 is 9.64 Å². The van der Waals surface area contributed by atoms with Gasteiger partial charge in [-0.3, -0.25) is 0 Å². The number of fused-ring (bicyclic) bond motifs is 1. The van der Waals surface area contributed by atoms with Gasteiger partial charge in [-0.1, -0.05) is 23.2 Å². The second-order valence-corrected chi connectivity index (χ2v) is 3.85. The highest BCUT2D eigenvalue weighted by molar-refractivity contribution is 6.36. The van der Waals surface area contributed by atoms with Crippen LogP contribution < -0.4 is 9.64 Å². The van der Waals surface area contributed by atoms with Crippen LogP contribution in [0.4, 0.5) is 5.69 Å². The van der Waals surface area contributed by atoms with Crippen molar-refractivity contribution in [2.45, 2.75) is 0 Å². The fraction of sp³-hybridized carbons (Fsp3) is 0.333. The summed E-state index contributed by atoms with van der Waals surface area (Å²) in [4.78, 5) is 2.07. The third-order valence-electron chi connectivity index (χ3n) is 2.06. The summed E-state index contributed by atoms with van der Waals surface area (Å²) in [5, 5.41) is 1.25. The molecule has 0 spiro atoms. The summed E-state index contributed by atoms with van der Waals surface area (Å²) in [6, 6.07) is 3.52. The summed E-state index contributed by atoms with van der Waals surface area (Å²) in [5.41, 5.74) is 0.928. The molecule has 0 unspecified atom stereocenters. The zero-order valence-corrected chi connectivity index (χ0v) is 8.69. The van der Waals surface area contributed by atoms with Gasteiger partial charge in [0.25, 0.3) is 0 Å². The zero-order valence-electron chi connectivity index (χ0n) is 7.18. The van der Waals surface area contributed by atoms with Gasteiger partial charge in [0.2, 0.25) is 0 Å². The van der Waals surface area contributed by atoms with Crippen molar-refractivity contribution < 1.29 is 4.74 Å². The van der Waals surface area contributed by atoms with Gasteiger partial charge in [0.15, 0.2) is 0 Å². The standard InChI is InChI=1S/C9H9Cl2NO/c1-12-2-3-13-8-5-6(10)4-7(11)9(8)12/h4-5H,2-3H2,1H3. The molecule has 0 amide bonds. The van der Waals surface area contributed by atoms with Crippen LogP contribution >= 0.6 is 23.2 Å². The minimum atomic E-state index is 0.610. The Hall–Kier alpha value is -0.600. The van der Waals surface area contributed by atoms with Crippen LogP contribution in [-0.4, -0.2) is 20.2 Å². The summed E-state index contributed by atoms with van der Waals surface area (Å²) in [7, 11) is 1.99. The monoisotopic (exact) mass is 217 g/mol. The Morgan fingerprint density at radius 2 is 2.15 bits per heavy atom. The number of likely N-dealkylation sites (N-methyl/N-ethyl adjacent to an activating group) is 1.